The van der Waals surface area contributed by atoms with Gasteiger partial charge in [0.25, 0.3) is 0 Å². The molecule has 3 rings (SSSR count). The lowest BCUT2D eigenvalue weighted by atomic mass is 9.53. The molecule has 1 fully saturated rings. The normalized spacial score (nSPS) is 30.7. The van der Waals surface area contributed by atoms with Crippen LogP contribution in [0.1, 0.15) is 75.5 Å². The number of carbonyl (C=O) groups excluding carboxylic acids is 1. The van der Waals surface area contributed by atoms with Crippen molar-refractivity contribution in [2.45, 2.75) is 70.6 Å². The molecule has 1 aromatic carbocycles. The molecule has 0 saturated heterocycles. The summed E-state index contributed by atoms with van der Waals surface area (Å²) in [4.78, 5) is 12.6. The zero-order chi connectivity index (χ0) is 15.9. The SMILES string of the molecule is CCC1CCCC2(C(N)=O)c3ccc(C(C)C)cc3CCC12. The Morgan fingerprint density at radius 3 is 2.77 bits per heavy atom. The molecule has 0 radical (unpaired) electrons. The Morgan fingerprint density at radius 1 is 1.36 bits per heavy atom. The van der Waals surface area contributed by atoms with E-state index >= 15 is 0 Å². The second-order valence-corrected chi connectivity index (χ2v) is 7.61. The van der Waals surface area contributed by atoms with Gasteiger partial charge in [0.05, 0.1) is 5.41 Å². The van der Waals surface area contributed by atoms with Gasteiger partial charge in [-0.3, -0.25) is 4.79 Å². The first-order chi connectivity index (χ1) is 10.5. The lowest BCUT2D eigenvalue weighted by molar-refractivity contribution is -0.129. The highest BCUT2D eigenvalue weighted by molar-refractivity contribution is 5.88. The van der Waals surface area contributed by atoms with Crippen molar-refractivity contribution in [3.05, 3.63) is 34.9 Å². The smallest absolute Gasteiger partial charge is 0.228 e. The maximum atomic E-state index is 12.6. The molecule has 1 saturated carbocycles. The fraction of sp³-hybridized carbons (Fsp3) is 0.650. The number of hydrogen-bond acceptors (Lipinski definition) is 1. The quantitative estimate of drug-likeness (QED) is 0.888. The minimum atomic E-state index is -0.401. The maximum Gasteiger partial charge on any atom is 0.228 e. The molecule has 0 heterocycles. The third kappa shape index (κ3) is 2.19. The highest BCUT2D eigenvalue weighted by atomic mass is 16.1. The van der Waals surface area contributed by atoms with E-state index in [9.17, 15) is 4.79 Å². The van der Waals surface area contributed by atoms with Crippen molar-refractivity contribution in [3.63, 3.8) is 0 Å². The highest BCUT2D eigenvalue weighted by Gasteiger charge is 2.52. The molecule has 0 bridgehead atoms. The van der Waals surface area contributed by atoms with E-state index in [2.05, 4.69) is 39.0 Å². The summed E-state index contributed by atoms with van der Waals surface area (Å²) < 4.78 is 0. The summed E-state index contributed by atoms with van der Waals surface area (Å²) in [6.45, 7) is 6.72. The summed E-state index contributed by atoms with van der Waals surface area (Å²) in [5.74, 6) is 1.54. The van der Waals surface area contributed by atoms with E-state index in [0.29, 0.717) is 17.8 Å². The van der Waals surface area contributed by atoms with Gasteiger partial charge in [0, 0.05) is 0 Å². The summed E-state index contributed by atoms with van der Waals surface area (Å²) in [6, 6.07) is 6.77. The number of benzene rings is 1. The summed E-state index contributed by atoms with van der Waals surface area (Å²) >= 11 is 0. The van der Waals surface area contributed by atoms with Gasteiger partial charge in [-0.2, -0.15) is 0 Å². The van der Waals surface area contributed by atoms with Crippen molar-refractivity contribution < 1.29 is 4.79 Å². The molecule has 0 aromatic heterocycles. The monoisotopic (exact) mass is 299 g/mol. The van der Waals surface area contributed by atoms with Gasteiger partial charge in [-0.15, -0.1) is 0 Å². The van der Waals surface area contributed by atoms with Crippen molar-refractivity contribution >= 4 is 5.91 Å². The Morgan fingerprint density at radius 2 is 2.14 bits per heavy atom. The van der Waals surface area contributed by atoms with Crippen molar-refractivity contribution in [2.75, 3.05) is 0 Å². The van der Waals surface area contributed by atoms with E-state index in [-0.39, 0.29) is 5.91 Å². The summed E-state index contributed by atoms with van der Waals surface area (Å²) in [5.41, 5.74) is 9.60. The second-order valence-electron chi connectivity index (χ2n) is 7.61. The standard InChI is InChI=1S/C20H29NO/c1-4-14-6-5-11-20(19(21)22)17(14)10-8-16-12-15(13(2)3)7-9-18(16)20/h7,9,12-14,17H,4-6,8,10-11H2,1-3H3,(H2,21,22). The Bertz CT molecular complexity index is 577. The number of hydrogen-bond donors (Lipinski definition) is 1. The average Bonchev–Trinajstić information content (AvgIpc) is 2.52. The van der Waals surface area contributed by atoms with Crippen LogP contribution in [-0.2, 0) is 16.6 Å². The van der Waals surface area contributed by atoms with E-state index < -0.39 is 5.41 Å². The first-order valence-electron chi connectivity index (χ1n) is 8.94. The van der Waals surface area contributed by atoms with Crippen LogP contribution < -0.4 is 5.73 Å². The van der Waals surface area contributed by atoms with Crippen LogP contribution >= 0.6 is 0 Å². The Kier molecular flexibility index (Phi) is 4.05. The van der Waals surface area contributed by atoms with E-state index in [1.807, 2.05) is 0 Å². The lowest BCUT2D eigenvalue weighted by Crippen LogP contribution is -2.54. The van der Waals surface area contributed by atoms with Crippen molar-refractivity contribution in [3.8, 4) is 0 Å². The summed E-state index contributed by atoms with van der Waals surface area (Å²) in [6.07, 6.45) is 6.72. The first kappa shape index (κ1) is 15.6. The largest absolute Gasteiger partial charge is 0.369 e. The predicted molar refractivity (Wildman–Crippen MR) is 90.8 cm³/mol. The molecule has 2 heteroatoms. The van der Waals surface area contributed by atoms with Crippen LogP contribution in [0.3, 0.4) is 0 Å². The van der Waals surface area contributed by atoms with Crippen molar-refractivity contribution in [1.29, 1.82) is 0 Å². The molecule has 0 aliphatic heterocycles. The number of nitrogens with two attached hydrogens (primary N) is 1. The number of primary amides is 1. The average molecular weight is 299 g/mol. The van der Waals surface area contributed by atoms with Gasteiger partial charge in [-0.05, 0) is 53.7 Å². The number of carbonyl (C=O) groups is 1. The molecule has 22 heavy (non-hydrogen) atoms. The Labute approximate surface area is 134 Å². The van der Waals surface area contributed by atoms with Crippen LogP contribution in [0.25, 0.3) is 0 Å². The van der Waals surface area contributed by atoms with Crippen LogP contribution in [0.4, 0.5) is 0 Å². The van der Waals surface area contributed by atoms with Gasteiger partial charge in [0.15, 0.2) is 0 Å². The van der Waals surface area contributed by atoms with Crippen LogP contribution in [0.5, 0.6) is 0 Å². The van der Waals surface area contributed by atoms with Gasteiger partial charge in [-0.25, -0.2) is 0 Å². The first-order valence-corrected chi connectivity index (χ1v) is 8.94. The fourth-order valence-corrected chi connectivity index (χ4v) is 5.10. The number of rotatable bonds is 3. The van der Waals surface area contributed by atoms with Gasteiger partial charge in [-0.1, -0.05) is 58.2 Å². The topological polar surface area (TPSA) is 43.1 Å². The molecule has 2 aliphatic carbocycles. The van der Waals surface area contributed by atoms with E-state index in [0.717, 1.165) is 25.7 Å². The predicted octanol–water partition coefficient (Wildman–Crippen LogP) is 4.31. The van der Waals surface area contributed by atoms with Gasteiger partial charge in [0.2, 0.25) is 5.91 Å². The summed E-state index contributed by atoms with van der Waals surface area (Å²) in [5, 5.41) is 0. The van der Waals surface area contributed by atoms with Crippen LogP contribution in [0.2, 0.25) is 0 Å². The van der Waals surface area contributed by atoms with Gasteiger partial charge in [0.1, 0.15) is 0 Å². The third-order valence-corrected chi connectivity index (χ3v) is 6.31. The van der Waals surface area contributed by atoms with Crippen molar-refractivity contribution in [1.82, 2.24) is 0 Å². The highest BCUT2D eigenvalue weighted by Crippen LogP contribution is 2.53. The third-order valence-electron chi connectivity index (χ3n) is 6.31. The minimum absolute atomic E-state index is 0.0890. The molecular formula is C20H29NO. The second kappa shape index (κ2) is 5.72. The lowest BCUT2D eigenvalue weighted by Gasteiger charge is -2.50. The Balaban J connectivity index is 2.12. The molecule has 0 spiro atoms. The van der Waals surface area contributed by atoms with E-state index in [4.69, 9.17) is 5.73 Å². The van der Waals surface area contributed by atoms with Crippen LogP contribution in [0, 0.1) is 11.8 Å². The van der Waals surface area contributed by atoms with Crippen LogP contribution in [-0.4, -0.2) is 5.91 Å². The molecule has 1 aromatic rings. The molecule has 3 atom stereocenters. The molecule has 1 amide bonds. The number of amides is 1. The number of fused-ring (bicyclic) bond motifs is 3. The molecule has 2 nitrogen and oxygen atoms in total. The van der Waals surface area contributed by atoms with Gasteiger partial charge < -0.3 is 5.73 Å². The minimum Gasteiger partial charge on any atom is -0.369 e. The van der Waals surface area contributed by atoms with E-state index in [1.54, 1.807) is 0 Å². The zero-order valence-corrected chi connectivity index (χ0v) is 14.2. The Hall–Kier alpha value is -1.31. The van der Waals surface area contributed by atoms with Gasteiger partial charge >= 0.3 is 0 Å². The molecule has 120 valence electrons. The fourth-order valence-electron chi connectivity index (χ4n) is 5.10. The molecule has 3 unspecified atom stereocenters. The summed E-state index contributed by atoms with van der Waals surface area (Å²) in [7, 11) is 0. The zero-order valence-electron chi connectivity index (χ0n) is 14.2. The molecule has 2 N–H and O–H groups in total. The van der Waals surface area contributed by atoms with Crippen molar-refractivity contribution in [2.24, 2.45) is 17.6 Å². The molecular weight excluding hydrogens is 270 g/mol. The number of aryl methyl sites for hydroxylation is 1. The van der Waals surface area contributed by atoms with Crippen LogP contribution in [0.15, 0.2) is 18.2 Å². The van der Waals surface area contributed by atoms with E-state index in [1.165, 1.54) is 29.5 Å². The maximum absolute atomic E-state index is 12.6. The molecule has 2 aliphatic rings.